The highest BCUT2D eigenvalue weighted by molar-refractivity contribution is 7.92. The summed E-state index contributed by atoms with van der Waals surface area (Å²) in [5.41, 5.74) is 0.767. The van der Waals surface area contributed by atoms with Crippen LogP contribution in [0.1, 0.15) is 25.5 Å². The summed E-state index contributed by atoms with van der Waals surface area (Å²) in [5, 5.41) is 1.65. The van der Waals surface area contributed by atoms with E-state index in [1.54, 1.807) is 42.9 Å². The molecular weight excluding hydrogens is 438 g/mol. The van der Waals surface area contributed by atoms with Crippen LogP contribution >= 0.6 is 0 Å². The number of sulfonamides is 1. The number of unbranched alkanes of at least 4 members (excludes halogenated alkanes) is 1. The number of hydrogen-bond donors (Lipinski definition) is 1. The van der Waals surface area contributed by atoms with Crippen LogP contribution in [0.4, 0.5) is 5.69 Å². The Kier molecular flexibility index (Phi) is 6.29. The topological polar surface area (TPSA) is 82.3 Å². The molecule has 0 bridgehead atoms. The number of nitrogens with one attached hydrogen (secondary N) is 1. The molecule has 4 aromatic rings. The van der Waals surface area contributed by atoms with E-state index in [2.05, 4.69) is 11.6 Å². The highest BCUT2D eigenvalue weighted by Crippen LogP contribution is 2.25. The lowest BCUT2D eigenvalue weighted by molar-refractivity contribution is 0.310. The number of nitrogens with zero attached hydrogens (tertiary/aromatic N) is 2. The van der Waals surface area contributed by atoms with Gasteiger partial charge in [0.1, 0.15) is 11.4 Å². The third-order valence-corrected chi connectivity index (χ3v) is 7.00. The van der Waals surface area contributed by atoms with Crippen molar-refractivity contribution in [3.63, 3.8) is 0 Å². The Morgan fingerprint density at radius 2 is 1.67 bits per heavy atom. The molecule has 172 valence electrons. The number of fused-ring (bicyclic) bond motifs is 1. The second kappa shape index (κ2) is 9.15. The van der Waals surface area contributed by atoms with Crippen LogP contribution in [0.25, 0.3) is 16.5 Å². The van der Waals surface area contributed by atoms with Crippen molar-refractivity contribution in [2.45, 2.75) is 31.6 Å². The maximum Gasteiger partial charge on any atom is 0.296 e. The molecule has 0 aliphatic heterocycles. The number of para-hydroxylation sites is 1. The fraction of sp³-hybridized carbons (Fsp3) is 0.240. The molecule has 1 N–H and O–H groups in total. The Morgan fingerprint density at radius 3 is 2.39 bits per heavy atom. The third-order valence-electron chi connectivity index (χ3n) is 5.65. The van der Waals surface area contributed by atoms with Gasteiger partial charge in [-0.05, 0) is 60.5 Å². The highest BCUT2D eigenvalue weighted by atomic mass is 32.2. The van der Waals surface area contributed by atoms with Gasteiger partial charge in [-0.3, -0.25) is 14.2 Å². The maximum atomic E-state index is 13.2. The molecular formula is C25H27N3O4S. The summed E-state index contributed by atoms with van der Waals surface area (Å²) in [6.45, 7) is 4.46. The summed E-state index contributed by atoms with van der Waals surface area (Å²) in [6.07, 6.45) is 2.03. The Morgan fingerprint density at radius 1 is 0.970 bits per heavy atom. The van der Waals surface area contributed by atoms with E-state index in [0.717, 1.165) is 29.4 Å². The molecule has 0 unspecified atom stereocenters. The van der Waals surface area contributed by atoms with Crippen molar-refractivity contribution in [3.8, 4) is 11.4 Å². The number of ether oxygens (including phenoxy) is 1. The van der Waals surface area contributed by atoms with E-state index in [1.165, 1.54) is 10.7 Å². The van der Waals surface area contributed by atoms with E-state index in [1.807, 2.05) is 36.4 Å². The first-order chi connectivity index (χ1) is 15.8. The number of aromatic nitrogens is 2. The van der Waals surface area contributed by atoms with Crippen LogP contribution in [-0.2, 0) is 17.1 Å². The van der Waals surface area contributed by atoms with Gasteiger partial charge in [-0.25, -0.2) is 13.1 Å². The van der Waals surface area contributed by atoms with Gasteiger partial charge in [0.05, 0.1) is 22.9 Å². The van der Waals surface area contributed by atoms with Gasteiger partial charge in [-0.15, -0.1) is 0 Å². The molecule has 0 spiro atoms. The number of rotatable bonds is 8. The Hall–Kier alpha value is -3.52. The van der Waals surface area contributed by atoms with Gasteiger partial charge in [0.25, 0.3) is 15.6 Å². The average Bonchev–Trinajstić information content (AvgIpc) is 3.02. The summed E-state index contributed by atoms with van der Waals surface area (Å²) in [7, 11) is -2.25. The van der Waals surface area contributed by atoms with Crippen LogP contribution in [-0.4, -0.2) is 24.4 Å². The van der Waals surface area contributed by atoms with Gasteiger partial charge in [0.15, 0.2) is 0 Å². The van der Waals surface area contributed by atoms with Crippen LogP contribution in [0.3, 0.4) is 0 Å². The number of hydrogen-bond acceptors (Lipinski definition) is 4. The zero-order valence-corrected chi connectivity index (χ0v) is 19.7. The second-order valence-corrected chi connectivity index (χ2v) is 9.60. The molecule has 3 aromatic carbocycles. The molecule has 33 heavy (non-hydrogen) atoms. The van der Waals surface area contributed by atoms with Gasteiger partial charge in [0.2, 0.25) is 0 Å². The van der Waals surface area contributed by atoms with Crippen LogP contribution in [0, 0.1) is 6.92 Å². The molecule has 0 saturated carbocycles. The molecule has 0 aliphatic carbocycles. The predicted molar refractivity (Wildman–Crippen MR) is 131 cm³/mol. The standard InChI is InChI=1S/C25H27N3O4S/c1-4-5-15-32-22-13-11-20-17-23(14-12-19(20)16-22)33(30,31)26-24-18(2)27(3)28(25(24)29)21-9-7-6-8-10-21/h6-14,16-17,26H,4-5,15H2,1-3H3. The Labute approximate surface area is 193 Å². The molecule has 1 aromatic heterocycles. The second-order valence-electron chi connectivity index (χ2n) is 7.91. The molecule has 0 fully saturated rings. The quantitative estimate of drug-likeness (QED) is 0.385. The Balaban J connectivity index is 1.65. The van der Waals surface area contributed by atoms with Crippen LogP contribution in [0.2, 0.25) is 0 Å². The summed E-state index contributed by atoms with van der Waals surface area (Å²) in [6, 6.07) is 19.5. The average molecular weight is 466 g/mol. The van der Waals surface area contributed by atoms with Crippen molar-refractivity contribution in [3.05, 3.63) is 82.8 Å². The van der Waals surface area contributed by atoms with Crippen molar-refractivity contribution < 1.29 is 13.2 Å². The summed E-state index contributed by atoms with van der Waals surface area (Å²) in [4.78, 5) is 13.2. The molecule has 0 aliphatic rings. The molecule has 0 atom stereocenters. The minimum atomic E-state index is -3.97. The highest BCUT2D eigenvalue weighted by Gasteiger charge is 2.22. The number of benzene rings is 3. The third kappa shape index (κ3) is 4.52. The van der Waals surface area contributed by atoms with E-state index >= 15 is 0 Å². The normalized spacial score (nSPS) is 11.6. The lowest BCUT2D eigenvalue weighted by Crippen LogP contribution is -2.23. The molecule has 7 nitrogen and oxygen atoms in total. The van der Waals surface area contributed by atoms with Crippen molar-refractivity contribution in [2.24, 2.45) is 7.05 Å². The minimum Gasteiger partial charge on any atom is -0.494 e. The van der Waals surface area contributed by atoms with Gasteiger partial charge >= 0.3 is 0 Å². The van der Waals surface area contributed by atoms with Crippen LogP contribution in [0.5, 0.6) is 5.75 Å². The molecule has 0 amide bonds. The fourth-order valence-corrected chi connectivity index (χ4v) is 4.82. The van der Waals surface area contributed by atoms with E-state index in [0.29, 0.717) is 18.0 Å². The van der Waals surface area contributed by atoms with Crippen molar-refractivity contribution in [1.82, 2.24) is 9.36 Å². The minimum absolute atomic E-state index is 0.0288. The molecule has 0 saturated heterocycles. The van der Waals surface area contributed by atoms with Crippen molar-refractivity contribution >= 4 is 26.5 Å². The summed E-state index contributed by atoms with van der Waals surface area (Å²) in [5.74, 6) is 0.756. The van der Waals surface area contributed by atoms with E-state index in [4.69, 9.17) is 4.74 Å². The first-order valence-corrected chi connectivity index (χ1v) is 12.3. The molecule has 4 rings (SSSR count). The van der Waals surface area contributed by atoms with Crippen LogP contribution in [0.15, 0.2) is 76.4 Å². The largest absolute Gasteiger partial charge is 0.494 e. The smallest absolute Gasteiger partial charge is 0.296 e. The van der Waals surface area contributed by atoms with E-state index in [-0.39, 0.29) is 10.6 Å². The predicted octanol–water partition coefficient (Wildman–Crippen LogP) is 4.62. The summed E-state index contributed by atoms with van der Waals surface area (Å²) < 4.78 is 37.6. The van der Waals surface area contributed by atoms with Gasteiger partial charge in [-0.1, -0.05) is 43.7 Å². The fourth-order valence-electron chi connectivity index (χ4n) is 3.67. The van der Waals surface area contributed by atoms with Crippen LogP contribution < -0.4 is 15.0 Å². The molecule has 0 radical (unpaired) electrons. The maximum absolute atomic E-state index is 13.2. The van der Waals surface area contributed by atoms with Gasteiger partial charge in [-0.2, -0.15) is 0 Å². The monoisotopic (exact) mass is 465 g/mol. The first kappa shape index (κ1) is 22.7. The zero-order valence-electron chi connectivity index (χ0n) is 18.9. The first-order valence-electron chi connectivity index (χ1n) is 10.9. The lowest BCUT2D eigenvalue weighted by atomic mass is 10.1. The Bertz CT molecular complexity index is 1450. The SMILES string of the molecule is CCCCOc1ccc2cc(S(=O)(=O)Nc3c(C)n(C)n(-c4ccccc4)c3=O)ccc2c1. The zero-order chi connectivity index (χ0) is 23.6. The summed E-state index contributed by atoms with van der Waals surface area (Å²) >= 11 is 0. The van der Waals surface area contributed by atoms with E-state index in [9.17, 15) is 13.2 Å². The van der Waals surface area contributed by atoms with E-state index < -0.39 is 15.6 Å². The molecule has 1 heterocycles. The van der Waals surface area contributed by atoms with Gasteiger partial charge in [0, 0.05) is 7.05 Å². The van der Waals surface area contributed by atoms with Crippen molar-refractivity contribution in [2.75, 3.05) is 11.3 Å². The lowest BCUT2D eigenvalue weighted by Gasteiger charge is -2.10. The molecule has 8 heteroatoms. The number of anilines is 1. The van der Waals surface area contributed by atoms with Gasteiger partial charge < -0.3 is 4.74 Å². The van der Waals surface area contributed by atoms with Crippen molar-refractivity contribution in [1.29, 1.82) is 0 Å².